The minimum absolute atomic E-state index is 0.0604. The van der Waals surface area contributed by atoms with Crippen molar-refractivity contribution >= 4 is 41.9 Å². The maximum atomic E-state index is 12.0. The van der Waals surface area contributed by atoms with Crippen molar-refractivity contribution in [3.63, 3.8) is 0 Å². The lowest BCUT2D eigenvalue weighted by Crippen LogP contribution is -2.24. The van der Waals surface area contributed by atoms with Crippen LogP contribution in [-0.2, 0) is 16.6 Å². The van der Waals surface area contributed by atoms with E-state index in [4.69, 9.17) is 0 Å². The van der Waals surface area contributed by atoms with Crippen molar-refractivity contribution < 1.29 is 8.42 Å². The van der Waals surface area contributed by atoms with E-state index in [0.29, 0.717) is 10.3 Å². The van der Waals surface area contributed by atoms with Crippen LogP contribution in [0.4, 0.5) is 0 Å². The summed E-state index contributed by atoms with van der Waals surface area (Å²) in [6.07, 6.45) is 1.32. The molecule has 0 aliphatic rings. The standard InChI is InChI=1S/C9H8Br2N4O2S/c10-6-1-2-8(7(11)3-6)18(16,17)14-4-9-12-5-13-15-9/h1-3,5,14H,4H2,(H,12,13,15). The Hall–Kier alpha value is -0.770. The third-order valence-corrected chi connectivity index (χ3v) is 4.95. The van der Waals surface area contributed by atoms with E-state index in [1.54, 1.807) is 12.1 Å². The second-order valence-electron chi connectivity index (χ2n) is 3.33. The molecular formula is C9H8Br2N4O2S. The third kappa shape index (κ3) is 3.16. The van der Waals surface area contributed by atoms with Crippen LogP contribution in [0.5, 0.6) is 0 Å². The molecule has 0 saturated carbocycles. The fourth-order valence-corrected chi connectivity index (χ4v) is 3.98. The zero-order valence-electron chi connectivity index (χ0n) is 8.89. The summed E-state index contributed by atoms with van der Waals surface area (Å²) in [7, 11) is -3.59. The van der Waals surface area contributed by atoms with E-state index in [-0.39, 0.29) is 11.4 Å². The van der Waals surface area contributed by atoms with Gasteiger partial charge >= 0.3 is 0 Å². The quantitative estimate of drug-likeness (QED) is 0.826. The van der Waals surface area contributed by atoms with Crippen LogP contribution >= 0.6 is 31.9 Å². The van der Waals surface area contributed by atoms with Crippen LogP contribution < -0.4 is 4.72 Å². The van der Waals surface area contributed by atoms with Crippen LogP contribution in [0.3, 0.4) is 0 Å². The molecule has 18 heavy (non-hydrogen) atoms. The molecule has 0 saturated heterocycles. The van der Waals surface area contributed by atoms with Gasteiger partial charge in [-0.3, -0.25) is 5.10 Å². The Morgan fingerprint density at radius 3 is 2.72 bits per heavy atom. The number of rotatable bonds is 4. The Morgan fingerprint density at radius 2 is 2.11 bits per heavy atom. The van der Waals surface area contributed by atoms with Crippen LogP contribution in [0.2, 0.25) is 0 Å². The summed E-state index contributed by atoms with van der Waals surface area (Å²) >= 11 is 6.48. The molecule has 0 unspecified atom stereocenters. The molecular weight excluding hydrogens is 388 g/mol. The van der Waals surface area contributed by atoms with Gasteiger partial charge < -0.3 is 0 Å². The number of nitrogens with one attached hydrogen (secondary N) is 2. The van der Waals surface area contributed by atoms with Gasteiger partial charge in [-0.05, 0) is 34.1 Å². The smallest absolute Gasteiger partial charge is 0.242 e. The molecule has 9 heteroatoms. The van der Waals surface area contributed by atoms with Gasteiger partial charge in [-0.15, -0.1) is 0 Å². The van der Waals surface area contributed by atoms with Crippen molar-refractivity contribution in [1.82, 2.24) is 19.9 Å². The molecule has 6 nitrogen and oxygen atoms in total. The van der Waals surface area contributed by atoms with Crippen LogP contribution in [-0.4, -0.2) is 23.6 Å². The van der Waals surface area contributed by atoms with Gasteiger partial charge in [0, 0.05) is 8.95 Å². The van der Waals surface area contributed by atoms with E-state index in [2.05, 4.69) is 51.8 Å². The van der Waals surface area contributed by atoms with E-state index in [9.17, 15) is 8.42 Å². The lowest BCUT2D eigenvalue weighted by atomic mass is 10.4. The first-order valence-electron chi connectivity index (χ1n) is 4.78. The summed E-state index contributed by atoms with van der Waals surface area (Å²) in [5.74, 6) is 0.451. The Labute approximate surface area is 121 Å². The van der Waals surface area contributed by atoms with Crippen LogP contribution in [0.15, 0.2) is 38.4 Å². The first-order valence-corrected chi connectivity index (χ1v) is 7.85. The lowest BCUT2D eigenvalue weighted by Gasteiger charge is -2.07. The third-order valence-electron chi connectivity index (χ3n) is 2.08. The lowest BCUT2D eigenvalue weighted by molar-refractivity contribution is 0.579. The number of hydrogen-bond donors (Lipinski definition) is 2. The number of benzene rings is 1. The summed E-state index contributed by atoms with van der Waals surface area (Å²) in [6, 6.07) is 4.84. The highest BCUT2D eigenvalue weighted by atomic mass is 79.9. The molecule has 0 spiro atoms. The van der Waals surface area contributed by atoms with Gasteiger partial charge in [0.1, 0.15) is 12.2 Å². The topological polar surface area (TPSA) is 87.7 Å². The fraction of sp³-hybridized carbons (Fsp3) is 0.111. The predicted molar refractivity (Wildman–Crippen MR) is 72.3 cm³/mol. The molecule has 0 fully saturated rings. The second-order valence-corrected chi connectivity index (χ2v) is 6.84. The summed E-state index contributed by atoms with van der Waals surface area (Å²) in [5, 5.41) is 6.22. The van der Waals surface area contributed by atoms with Crippen LogP contribution in [0, 0.1) is 0 Å². The molecule has 0 amide bonds. The first-order chi connectivity index (χ1) is 8.49. The molecule has 0 aliphatic heterocycles. The number of nitrogens with zero attached hydrogens (tertiary/aromatic N) is 2. The van der Waals surface area contributed by atoms with Gasteiger partial charge in [0.2, 0.25) is 10.0 Å². The number of H-pyrrole nitrogens is 1. The minimum atomic E-state index is -3.59. The molecule has 1 heterocycles. The fourth-order valence-electron chi connectivity index (χ4n) is 1.25. The second kappa shape index (κ2) is 5.47. The highest BCUT2D eigenvalue weighted by Crippen LogP contribution is 2.25. The van der Waals surface area contributed by atoms with Crippen LogP contribution in [0.1, 0.15) is 5.82 Å². The molecule has 0 aliphatic carbocycles. The maximum Gasteiger partial charge on any atom is 0.242 e. The van der Waals surface area contributed by atoms with Gasteiger partial charge in [-0.25, -0.2) is 18.1 Å². The monoisotopic (exact) mass is 394 g/mol. The van der Waals surface area contributed by atoms with E-state index < -0.39 is 10.0 Å². The van der Waals surface area contributed by atoms with Gasteiger partial charge in [0.05, 0.1) is 11.4 Å². The number of aromatic amines is 1. The van der Waals surface area contributed by atoms with Crippen molar-refractivity contribution in [3.05, 3.63) is 39.3 Å². The average molecular weight is 396 g/mol. The Bertz CT molecular complexity index is 643. The number of aromatic nitrogens is 3. The largest absolute Gasteiger partial charge is 0.262 e. The van der Waals surface area contributed by atoms with Crippen molar-refractivity contribution in [2.24, 2.45) is 0 Å². The highest BCUT2D eigenvalue weighted by Gasteiger charge is 2.17. The van der Waals surface area contributed by atoms with Gasteiger partial charge in [0.25, 0.3) is 0 Å². The SMILES string of the molecule is O=S(=O)(NCc1ncn[nH]1)c1ccc(Br)cc1Br. The number of hydrogen-bond acceptors (Lipinski definition) is 4. The maximum absolute atomic E-state index is 12.0. The van der Waals surface area contributed by atoms with Gasteiger partial charge in [-0.2, -0.15) is 5.10 Å². The summed E-state index contributed by atoms with van der Waals surface area (Å²) in [5.41, 5.74) is 0. The summed E-state index contributed by atoms with van der Waals surface area (Å²) < 4.78 is 27.8. The Kier molecular flexibility index (Phi) is 4.15. The predicted octanol–water partition coefficient (Wildman–Crippen LogP) is 1.81. The average Bonchev–Trinajstić information content (AvgIpc) is 2.78. The Balaban J connectivity index is 2.20. The molecule has 96 valence electrons. The van der Waals surface area contributed by atoms with Crippen molar-refractivity contribution in [3.8, 4) is 0 Å². The molecule has 2 aromatic rings. The number of halogens is 2. The molecule has 2 N–H and O–H groups in total. The van der Waals surface area contributed by atoms with Crippen LogP contribution in [0.25, 0.3) is 0 Å². The summed E-state index contributed by atoms with van der Waals surface area (Å²) in [6.45, 7) is 0.0604. The molecule has 0 radical (unpaired) electrons. The molecule has 0 bridgehead atoms. The molecule has 0 atom stereocenters. The van der Waals surface area contributed by atoms with Crippen molar-refractivity contribution in [2.45, 2.75) is 11.4 Å². The number of sulfonamides is 1. The first kappa shape index (κ1) is 13.7. The van der Waals surface area contributed by atoms with Crippen molar-refractivity contribution in [1.29, 1.82) is 0 Å². The summed E-state index contributed by atoms with van der Waals surface area (Å²) in [4.78, 5) is 4.01. The van der Waals surface area contributed by atoms with Gasteiger partial charge in [-0.1, -0.05) is 15.9 Å². The van der Waals surface area contributed by atoms with E-state index >= 15 is 0 Å². The zero-order chi connectivity index (χ0) is 13.2. The highest BCUT2D eigenvalue weighted by molar-refractivity contribution is 9.11. The van der Waals surface area contributed by atoms with E-state index in [1.165, 1.54) is 12.4 Å². The molecule has 1 aromatic heterocycles. The zero-order valence-corrected chi connectivity index (χ0v) is 12.9. The minimum Gasteiger partial charge on any atom is -0.262 e. The van der Waals surface area contributed by atoms with Crippen molar-refractivity contribution in [2.75, 3.05) is 0 Å². The van der Waals surface area contributed by atoms with E-state index in [1.807, 2.05) is 0 Å². The molecule has 1 aromatic carbocycles. The molecule has 2 rings (SSSR count). The normalized spacial score (nSPS) is 11.7. The van der Waals surface area contributed by atoms with E-state index in [0.717, 1.165) is 4.47 Å². The Morgan fingerprint density at radius 1 is 1.33 bits per heavy atom. The van der Waals surface area contributed by atoms with Gasteiger partial charge in [0.15, 0.2) is 0 Å².